The largest absolute Gasteiger partial charge is 0.494 e. The molecule has 0 heterocycles. The van der Waals surface area contributed by atoms with E-state index in [0.29, 0.717) is 29.4 Å². The number of ether oxygens (including phenoxy) is 2. The smallest absolute Gasteiger partial charge is 0.266 e. The van der Waals surface area contributed by atoms with Gasteiger partial charge in [0.25, 0.3) is 11.8 Å². The highest BCUT2D eigenvalue weighted by molar-refractivity contribution is 6.09. The van der Waals surface area contributed by atoms with E-state index in [1.807, 2.05) is 45.0 Å². The number of hydrogen-bond donors (Lipinski definition) is 2. The van der Waals surface area contributed by atoms with E-state index >= 15 is 0 Å². The van der Waals surface area contributed by atoms with Crippen molar-refractivity contribution in [3.05, 3.63) is 89.0 Å². The summed E-state index contributed by atoms with van der Waals surface area (Å²) < 4.78 is 10.9. The van der Waals surface area contributed by atoms with E-state index in [1.165, 1.54) is 6.08 Å². The summed E-state index contributed by atoms with van der Waals surface area (Å²) in [6.45, 7) is 6.24. The van der Waals surface area contributed by atoms with Gasteiger partial charge in [-0.2, -0.15) is 5.26 Å². The number of anilines is 2. The van der Waals surface area contributed by atoms with Gasteiger partial charge in [0.05, 0.1) is 6.61 Å². The summed E-state index contributed by atoms with van der Waals surface area (Å²) in [5.41, 5.74) is 4.03. The van der Waals surface area contributed by atoms with Gasteiger partial charge in [-0.25, -0.2) is 0 Å². The number of carbonyl (C=O) groups is 2. The van der Waals surface area contributed by atoms with Crippen molar-refractivity contribution >= 4 is 29.3 Å². The molecule has 0 aliphatic heterocycles. The van der Waals surface area contributed by atoms with Crippen molar-refractivity contribution in [1.29, 1.82) is 5.26 Å². The molecule has 0 aliphatic carbocycles. The maximum atomic E-state index is 12.5. The number of benzene rings is 3. The fraction of sp³-hybridized carbons (Fsp3) is 0.179. The number of aryl methyl sites for hydroxylation is 1. The first-order chi connectivity index (χ1) is 16.9. The van der Waals surface area contributed by atoms with E-state index in [2.05, 4.69) is 10.6 Å². The van der Waals surface area contributed by atoms with Crippen LogP contribution in [0, 0.1) is 25.2 Å². The van der Waals surface area contributed by atoms with Crippen molar-refractivity contribution in [2.45, 2.75) is 20.8 Å². The number of nitrogens with zero attached hydrogens (tertiary/aromatic N) is 1. The lowest BCUT2D eigenvalue weighted by Gasteiger charge is -2.11. The van der Waals surface area contributed by atoms with E-state index in [9.17, 15) is 14.9 Å². The molecular weight excluding hydrogens is 442 g/mol. The van der Waals surface area contributed by atoms with Gasteiger partial charge in [0.2, 0.25) is 0 Å². The zero-order valence-electron chi connectivity index (χ0n) is 19.9. The highest BCUT2D eigenvalue weighted by Crippen LogP contribution is 2.19. The fourth-order valence-electron chi connectivity index (χ4n) is 3.20. The van der Waals surface area contributed by atoms with Crippen LogP contribution in [0.5, 0.6) is 11.5 Å². The van der Waals surface area contributed by atoms with Gasteiger partial charge >= 0.3 is 0 Å². The molecule has 0 atom stereocenters. The average molecular weight is 470 g/mol. The lowest BCUT2D eigenvalue weighted by molar-refractivity contribution is -0.118. The molecule has 0 aromatic heterocycles. The van der Waals surface area contributed by atoms with Crippen LogP contribution in [0.1, 0.15) is 23.6 Å². The Morgan fingerprint density at radius 1 is 0.914 bits per heavy atom. The number of amides is 2. The molecule has 2 amide bonds. The lowest BCUT2D eigenvalue weighted by Crippen LogP contribution is -2.20. The summed E-state index contributed by atoms with van der Waals surface area (Å²) in [5.74, 6) is 0.419. The number of nitriles is 1. The van der Waals surface area contributed by atoms with Gasteiger partial charge in [0.15, 0.2) is 6.61 Å². The molecule has 0 fully saturated rings. The fourth-order valence-corrected chi connectivity index (χ4v) is 3.20. The first-order valence-corrected chi connectivity index (χ1v) is 11.1. The molecule has 7 heteroatoms. The molecule has 0 saturated heterocycles. The van der Waals surface area contributed by atoms with Gasteiger partial charge in [-0.3, -0.25) is 9.59 Å². The minimum Gasteiger partial charge on any atom is -0.494 e. The Balaban J connectivity index is 1.56. The van der Waals surface area contributed by atoms with Crippen LogP contribution in [0.15, 0.2) is 72.3 Å². The zero-order valence-corrected chi connectivity index (χ0v) is 19.9. The molecule has 0 bridgehead atoms. The Kier molecular flexibility index (Phi) is 8.63. The Labute approximate surface area is 205 Å². The monoisotopic (exact) mass is 469 g/mol. The van der Waals surface area contributed by atoms with Crippen molar-refractivity contribution in [1.82, 2.24) is 0 Å². The van der Waals surface area contributed by atoms with Crippen molar-refractivity contribution in [3.8, 4) is 17.6 Å². The molecule has 7 nitrogen and oxygen atoms in total. The summed E-state index contributed by atoms with van der Waals surface area (Å²) in [6, 6.07) is 21.3. The van der Waals surface area contributed by atoms with Crippen molar-refractivity contribution in [2.24, 2.45) is 0 Å². The van der Waals surface area contributed by atoms with Gasteiger partial charge in [0.1, 0.15) is 23.1 Å². The molecule has 178 valence electrons. The van der Waals surface area contributed by atoms with E-state index in [-0.39, 0.29) is 18.1 Å². The third kappa shape index (κ3) is 7.21. The maximum Gasteiger partial charge on any atom is 0.266 e. The minimum atomic E-state index is -0.514. The van der Waals surface area contributed by atoms with Gasteiger partial charge in [-0.15, -0.1) is 0 Å². The number of rotatable bonds is 9. The molecule has 3 aromatic carbocycles. The predicted octanol–water partition coefficient (Wildman–Crippen LogP) is 5.27. The highest BCUT2D eigenvalue weighted by atomic mass is 16.5. The van der Waals surface area contributed by atoms with E-state index in [1.54, 1.807) is 48.5 Å². The lowest BCUT2D eigenvalue weighted by atomic mass is 10.1. The molecular formula is C28H27N3O4. The highest BCUT2D eigenvalue weighted by Gasteiger charge is 2.10. The molecule has 2 N–H and O–H groups in total. The van der Waals surface area contributed by atoms with Crippen molar-refractivity contribution in [2.75, 3.05) is 23.8 Å². The van der Waals surface area contributed by atoms with Crippen LogP contribution >= 0.6 is 0 Å². The topological polar surface area (TPSA) is 100 Å². The van der Waals surface area contributed by atoms with E-state index < -0.39 is 5.91 Å². The summed E-state index contributed by atoms with van der Waals surface area (Å²) in [5, 5.41) is 15.0. The molecule has 0 radical (unpaired) electrons. The molecule has 0 saturated carbocycles. The Morgan fingerprint density at radius 2 is 1.57 bits per heavy atom. The second-order valence-corrected chi connectivity index (χ2v) is 7.73. The quantitative estimate of drug-likeness (QED) is 0.329. The van der Waals surface area contributed by atoms with Gasteiger partial charge in [-0.05, 0) is 86.0 Å². The van der Waals surface area contributed by atoms with Crippen LogP contribution in [-0.4, -0.2) is 25.0 Å². The zero-order chi connectivity index (χ0) is 25.2. The summed E-state index contributed by atoms with van der Waals surface area (Å²) in [6.07, 6.45) is 1.49. The normalized spacial score (nSPS) is 10.7. The molecule has 3 aromatic rings. The van der Waals surface area contributed by atoms with Crippen LogP contribution < -0.4 is 20.1 Å². The van der Waals surface area contributed by atoms with Crippen LogP contribution in [0.4, 0.5) is 11.4 Å². The SMILES string of the molecule is CCOc1ccc(NC(=O)/C(C#N)=C/c2ccc(OCC(=O)Nc3cccc(C)c3C)cc2)cc1. The van der Waals surface area contributed by atoms with Gasteiger partial charge in [0, 0.05) is 11.4 Å². The third-order valence-corrected chi connectivity index (χ3v) is 5.23. The first kappa shape index (κ1) is 25.1. The van der Waals surface area contributed by atoms with Gasteiger partial charge < -0.3 is 20.1 Å². The van der Waals surface area contributed by atoms with Crippen LogP contribution in [0.3, 0.4) is 0 Å². The van der Waals surface area contributed by atoms with E-state index in [0.717, 1.165) is 16.8 Å². The number of nitrogens with one attached hydrogen (secondary N) is 2. The first-order valence-electron chi connectivity index (χ1n) is 11.1. The number of hydrogen-bond acceptors (Lipinski definition) is 5. The second kappa shape index (κ2) is 12.1. The maximum absolute atomic E-state index is 12.5. The molecule has 0 unspecified atom stereocenters. The standard InChI is InChI=1S/C28H27N3O4/c1-4-34-24-14-10-23(11-15-24)30-28(33)22(17-29)16-21-8-12-25(13-9-21)35-18-27(32)31-26-7-5-6-19(2)20(26)3/h5-16H,4,18H2,1-3H3,(H,30,33)(H,31,32)/b22-16+. The Hall–Kier alpha value is -4.57. The Morgan fingerprint density at radius 3 is 2.23 bits per heavy atom. The number of carbonyl (C=O) groups excluding carboxylic acids is 2. The summed E-state index contributed by atoms with van der Waals surface area (Å²) in [4.78, 5) is 24.7. The molecule has 0 aliphatic rings. The van der Waals surface area contributed by atoms with Gasteiger partial charge in [-0.1, -0.05) is 24.3 Å². The van der Waals surface area contributed by atoms with E-state index in [4.69, 9.17) is 9.47 Å². The Bertz CT molecular complexity index is 1260. The summed E-state index contributed by atoms with van der Waals surface area (Å²) >= 11 is 0. The molecule has 0 spiro atoms. The van der Waals surface area contributed by atoms with Crippen LogP contribution in [0.25, 0.3) is 6.08 Å². The molecule has 35 heavy (non-hydrogen) atoms. The molecule has 3 rings (SSSR count). The van der Waals surface area contributed by atoms with Crippen molar-refractivity contribution in [3.63, 3.8) is 0 Å². The average Bonchev–Trinajstić information content (AvgIpc) is 2.86. The second-order valence-electron chi connectivity index (χ2n) is 7.73. The minimum absolute atomic E-state index is 0.0412. The van der Waals surface area contributed by atoms with Crippen molar-refractivity contribution < 1.29 is 19.1 Å². The predicted molar refractivity (Wildman–Crippen MR) is 136 cm³/mol. The summed E-state index contributed by atoms with van der Waals surface area (Å²) in [7, 11) is 0. The van der Waals surface area contributed by atoms with Crippen LogP contribution in [0.2, 0.25) is 0 Å². The third-order valence-electron chi connectivity index (χ3n) is 5.23. The van der Waals surface area contributed by atoms with Crippen LogP contribution in [-0.2, 0) is 9.59 Å².